The van der Waals surface area contributed by atoms with Gasteiger partial charge in [0.05, 0.1) is 11.4 Å². The summed E-state index contributed by atoms with van der Waals surface area (Å²) in [5, 5.41) is 6.80. The van der Waals surface area contributed by atoms with Gasteiger partial charge >= 0.3 is 0 Å². The van der Waals surface area contributed by atoms with Crippen LogP contribution in [0.15, 0.2) is 54.6 Å². The number of hydrogen-bond acceptors (Lipinski definition) is 3. The molecular formula is C15H19N3. The molecule has 0 amide bonds. The van der Waals surface area contributed by atoms with Crippen LogP contribution in [0.3, 0.4) is 0 Å². The number of rotatable bonds is 6. The van der Waals surface area contributed by atoms with Crippen LogP contribution in [0.2, 0.25) is 0 Å². The van der Waals surface area contributed by atoms with Crippen molar-refractivity contribution >= 4 is 17.1 Å². The lowest BCUT2D eigenvalue weighted by molar-refractivity contribution is 0.874. The fourth-order valence-corrected chi connectivity index (χ4v) is 1.75. The van der Waals surface area contributed by atoms with E-state index in [2.05, 4.69) is 34.9 Å². The van der Waals surface area contributed by atoms with Crippen molar-refractivity contribution in [3.8, 4) is 0 Å². The first-order valence-electron chi connectivity index (χ1n) is 6.25. The second-order valence-electron chi connectivity index (χ2n) is 4.11. The molecule has 0 fully saturated rings. The lowest BCUT2D eigenvalue weighted by Crippen LogP contribution is -2.09. The Bertz CT molecular complexity index is 468. The maximum absolute atomic E-state index is 5.50. The minimum Gasteiger partial charge on any atom is -0.383 e. The number of para-hydroxylation sites is 3. The Hall–Kier alpha value is -2.00. The van der Waals surface area contributed by atoms with Crippen molar-refractivity contribution in [1.29, 1.82) is 0 Å². The van der Waals surface area contributed by atoms with Crippen LogP contribution in [0.4, 0.5) is 17.1 Å². The van der Waals surface area contributed by atoms with E-state index in [1.807, 2.05) is 30.3 Å². The Morgan fingerprint density at radius 3 is 2.22 bits per heavy atom. The zero-order valence-electron chi connectivity index (χ0n) is 10.4. The van der Waals surface area contributed by atoms with Gasteiger partial charge in [-0.2, -0.15) is 0 Å². The number of nitrogens with two attached hydrogens (primary N) is 1. The number of benzene rings is 2. The zero-order chi connectivity index (χ0) is 12.6. The summed E-state index contributed by atoms with van der Waals surface area (Å²) < 4.78 is 0. The van der Waals surface area contributed by atoms with Crippen molar-refractivity contribution in [3.63, 3.8) is 0 Å². The van der Waals surface area contributed by atoms with Crippen LogP contribution in [0.5, 0.6) is 0 Å². The zero-order valence-corrected chi connectivity index (χ0v) is 10.4. The maximum atomic E-state index is 5.50. The van der Waals surface area contributed by atoms with Crippen molar-refractivity contribution in [2.45, 2.75) is 6.42 Å². The summed E-state index contributed by atoms with van der Waals surface area (Å²) in [5.74, 6) is 0. The van der Waals surface area contributed by atoms with Crippen LogP contribution in [-0.4, -0.2) is 13.1 Å². The van der Waals surface area contributed by atoms with Gasteiger partial charge in [0.15, 0.2) is 0 Å². The predicted octanol–water partition coefficient (Wildman–Crippen LogP) is 3.19. The molecule has 4 N–H and O–H groups in total. The summed E-state index contributed by atoms with van der Waals surface area (Å²) in [7, 11) is 0. The molecule has 2 aromatic rings. The topological polar surface area (TPSA) is 50.1 Å². The van der Waals surface area contributed by atoms with E-state index in [-0.39, 0.29) is 0 Å². The molecule has 0 saturated carbocycles. The molecule has 0 spiro atoms. The molecule has 0 heterocycles. The van der Waals surface area contributed by atoms with E-state index in [0.29, 0.717) is 6.54 Å². The molecule has 3 heteroatoms. The highest BCUT2D eigenvalue weighted by Crippen LogP contribution is 2.24. The average molecular weight is 241 g/mol. The standard InChI is InChI=1S/C15H19N3/c16-11-6-12-17-14-9-4-5-10-15(14)18-13-7-2-1-3-8-13/h1-5,7-10,17-18H,6,11-12,16H2. The van der Waals surface area contributed by atoms with Crippen molar-refractivity contribution in [2.75, 3.05) is 23.7 Å². The first-order chi connectivity index (χ1) is 8.90. The molecule has 0 bridgehead atoms. The second kappa shape index (κ2) is 6.67. The van der Waals surface area contributed by atoms with Crippen LogP contribution in [-0.2, 0) is 0 Å². The van der Waals surface area contributed by atoms with Gasteiger partial charge in [0.1, 0.15) is 0 Å². The molecule has 0 aromatic heterocycles. The summed E-state index contributed by atoms with van der Waals surface area (Å²) in [4.78, 5) is 0. The summed E-state index contributed by atoms with van der Waals surface area (Å²) in [6.07, 6.45) is 0.972. The largest absolute Gasteiger partial charge is 0.383 e. The Morgan fingerprint density at radius 1 is 0.833 bits per heavy atom. The number of nitrogens with one attached hydrogen (secondary N) is 2. The molecule has 0 saturated heterocycles. The van der Waals surface area contributed by atoms with Gasteiger partial charge in [0.25, 0.3) is 0 Å². The van der Waals surface area contributed by atoms with Gasteiger partial charge in [-0.1, -0.05) is 30.3 Å². The van der Waals surface area contributed by atoms with Crippen LogP contribution in [0, 0.1) is 0 Å². The monoisotopic (exact) mass is 241 g/mol. The van der Waals surface area contributed by atoms with Crippen LogP contribution in [0.1, 0.15) is 6.42 Å². The molecular weight excluding hydrogens is 222 g/mol. The van der Waals surface area contributed by atoms with E-state index in [9.17, 15) is 0 Å². The molecule has 0 atom stereocenters. The van der Waals surface area contributed by atoms with E-state index in [0.717, 1.165) is 30.0 Å². The van der Waals surface area contributed by atoms with Gasteiger partial charge in [0.2, 0.25) is 0 Å². The summed E-state index contributed by atoms with van der Waals surface area (Å²) in [5.41, 5.74) is 8.78. The fraction of sp³-hybridized carbons (Fsp3) is 0.200. The van der Waals surface area contributed by atoms with Gasteiger partial charge in [-0.05, 0) is 37.2 Å². The third-order valence-electron chi connectivity index (χ3n) is 2.68. The Balaban J connectivity index is 2.07. The van der Waals surface area contributed by atoms with Gasteiger partial charge in [-0.3, -0.25) is 0 Å². The van der Waals surface area contributed by atoms with Crippen molar-refractivity contribution in [2.24, 2.45) is 5.73 Å². The van der Waals surface area contributed by atoms with E-state index in [1.165, 1.54) is 0 Å². The van der Waals surface area contributed by atoms with Crippen LogP contribution >= 0.6 is 0 Å². The summed E-state index contributed by atoms with van der Waals surface area (Å²) in [6.45, 7) is 1.60. The maximum Gasteiger partial charge on any atom is 0.0620 e. The van der Waals surface area contributed by atoms with E-state index in [4.69, 9.17) is 5.73 Å². The molecule has 0 unspecified atom stereocenters. The molecule has 0 radical (unpaired) electrons. The van der Waals surface area contributed by atoms with Gasteiger partial charge < -0.3 is 16.4 Å². The normalized spacial score (nSPS) is 10.1. The average Bonchev–Trinajstić information content (AvgIpc) is 2.42. The van der Waals surface area contributed by atoms with E-state index < -0.39 is 0 Å². The highest BCUT2D eigenvalue weighted by atomic mass is 15.0. The Kier molecular flexibility index (Phi) is 4.61. The number of anilines is 3. The second-order valence-corrected chi connectivity index (χ2v) is 4.11. The molecule has 0 aliphatic rings. The third kappa shape index (κ3) is 3.50. The molecule has 94 valence electrons. The molecule has 3 nitrogen and oxygen atoms in total. The molecule has 2 rings (SSSR count). The van der Waals surface area contributed by atoms with Gasteiger partial charge in [0, 0.05) is 12.2 Å². The molecule has 2 aromatic carbocycles. The number of hydrogen-bond donors (Lipinski definition) is 3. The third-order valence-corrected chi connectivity index (χ3v) is 2.68. The van der Waals surface area contributed by atoms with E-state index >= 15 is 0 Å². The highest BCUT2D eigenvalue weighted by molar-refractivity contribution is 5.74. The summed E-state index contributed by atoms with van der Waals surface area (Å²) in [6, 6.07) is 18.4. The lowest BCUT2D eigenvalue weighted by atomic mass is 10.2. The van der Waals surface area contributed by atoms with Crippen molar-refractivity contribution in [1.82, 2.24) is 0 Å². The van der Waals surface area contributed by atoms with Crippen LogP contribution in [0.25, 0.3) is 0 Å². The molecule has 18 heavy (non-hydrogen) atoms. The van der Waals surface area contributed by atoms with Gasteiger partial charge in [-0.25, -0.2) is 0 Å². The first kappa shape index (κ1) is 12.5. The summed E-state index contributed by atoms with van der Waals surface area (Å²) >= 11 is 0. The molecule has 0 aliphatic carbocycles. The Labute approximate surface area is 108 Å². The quantitative estimate of drug-likeness (QED) is 0.681. The lowest BCUT2D eigenvalue weighted by Gasteiger charge is -2.13. The Morgan fingerprint density at radius 2 is 1.50 bits per heavy atom. The SMILES string of the molecule is NCCCNc1ccccc1Nc1ccccc1. The predicted molar refractivity (Wildman–Crippen MR) is 78.3 cm³/mol. The fourth-order valence-electron chi connectivity index (χ4n) is 1.75. The molecule has 0 aliphatic heterocycles. The minimum absolute atomic E-state index is 0.710. The smallest absolute Gasteiger partial charge is 0.0620 e. The van der Waals surface area contributed by atoms with Crippen molar-refractivity contribution in [3.05, 3.63) is 54.6 Å². The van der Waals surface area contributed by atoms with Crippen molar-refractivity contribution < 1.29 is 0 Å². The van der Waals surface area contributed by atoms with E-state index in [1.54, 1.807) is 0 Å². The van der Waals surface area contributed by atoms with Gasteiger partial charge in [-0.15, -0.1) is 0 Å². The first-order valence-corrected chi connectivity index (χ1v) is 6.25. The van der Waals surface area contributed by atoms with Crippen LogP contribution < -0.4 is 16.4 Å². The minimum atomic E-state index is 0.710. The highest BCUT2D eigenvalue weighted by Gasteiger charge is 2.00.